The van der Waals surface area contributed by atoms with Crippen LogP contribution in [0.5, 0.6) is 5.75 Å². The quantitative estimate of drug-likeness (QED) is 0.531. The van der Waals surface area contributed by atoms with E-state index in [1.165, 1.54) is 22.8 Å². The highest BCUT2D eigenvalue weighted by atomic mass is 16.3. The molecule has 1 aromatic heterocycles. The average molecular weight is 368 g/mol. The molecule has 0 spiro atoms. The predicted molar refractivity (Wildman–Crippen MR) is 110 cm³/mol. The normalized spacial score (nSPS) is 18.7. The van der Waals surface area contributed by atoms with Gasteiger partial charge in [-0.1, -0.05) is 60.7 Å². The van der Waals surface area contributed by atoms with Gasteiger partial charge < -0.3 is 9.52 Å². The highest BCUT2D eigenvalue weighted by molar-refractivity contribution is 5.82. The number of aromatic hydroxyl groups is 1. The van der Waals surface area contributed by atoms with Crippen LogP contribution in [0.3, 0.4) is 0 Å². The van der Waals surface area contributed by atoms with Gasteiger partial charge in [0.2, 0.25) is 0 Å². The molecule has 1 heterocycles. The lowest BCUT2D eigenvalue weighted by Crippen LogP contribution is -2.23. The first kappa shape index (κ1) is 16.8. The number of hydrogen-bond donors (Lipinski definition) is 1. The van der Waals surface area contributed by atoms with Gasteiger partial charge in [-0.25, -0.2) is 0 Å². The third-order valence-electron chi connectivity index (χ3n) is 5.83. The molecule has 0 fully saturated rings. The van der Waals surface area contributed by atoms with Crippen molar-refractivity contribution in [3.05, 3.63) is 112 Å². The summed E-state index contributed by atoms with van der Waals surface area (Å²) >= 11 is 0. The van der Waals surface area contributed by atoms with Crippen molar-refractivity contribution in [3.8, 4) is 5.75 Å². The molecule has 28 heavy (non-hydrogen) atoms. The molecule has 1 aliphatic carbocycles. The zero-order valence-corrected chi connectivity index (χ0v) is 15.3. The van der Waals surface area contributed by atoms with Crippen molar-refractivity contribution >= 4 is 11.0 Å². The molecule has 0 saturated carbocycles. The van der Waals surface area contributed by atoms with Crippen molar-refractivity contribution in [3.63, 3.8) is 0 Å². The summed E-state index contributed by atoms with van der Waals surface area (Å²) in [6.07, 6.45) is 1.73. The summed E-state index contributed by atoms with van der Waals surface area (Å²) in [7, 11) is 0. The second-order valence-corrected chi connectivity index (χ2v) is 7.46. The highest BCUT2D eigenvalue weighted by Crippen LogP contribution is 2.43. The molecule has 3 heteroatoms. The molecule has 0 aliphatic heterocycles. The Labute approximate surface area is 162 Å². The lowest BCUT2D eigenvalue weighted by atomic mass is 9.71. The molecule has 2 unspecified atom stereocenters. The zero-order valence-electron chi connectivity index (χ0n) is 15.3. The van der Waals surface area contributed by atoms with Crippen molar-refractivity contribution < 1.29 is 9.52 Å². The number of benzene rings is 3. The maximum absolute atomic E-state index is 12.7. The summed E-state index contributed by atoms with van der Waals surface area (Å²) in [6.45, 7) is 0. The second kappa shape index (κ2) is 6.68. The topological polar surface area (TPSA) is 50.4 Å². The molecule has 2 atom stereocenters. The Balaban J connectivity index is 1.68. The Morgan fingerprint density at radius 1 is 0.786 bits per heavy atom. The third-order valence-corrected chi connectivity index (χ3v) is 5.83. The Bertz CT molecular complexity index is 1210. The SMILES string of the molecule is O=c1cc(C2Cc3ccccc3CC2c2ccccc2)oc2cccc(O)c12. The van der Waals surface area contributed by atoms with E-state index in [1.807, 2.05) is 6.07 Å². The van der Waals surface area contributed by atoms with E-state index in [0.29, 0.717) is 11.3 Å². The smallest absolute Gasteiger partial charge is 0.196 e. The van der Waals surface area contributed by atoms with Gasteiger partial charge in [-0.3, -0.25) is 4.79 Å². The fourth-order valence-electron chi connectivity index (χ4n) is 4.46. The summed E-state index contributed by atoms with van der Waals surface area (Å²) in [6, 6.07) is 25.5. The van der Waals surface area contributed by atoms with Crippen LogP contribution in [0.4, 0.5) is 0 Å². The van der Waals surface area contributed by atoms with E-state index < -0.39 is 0 Å². The number of fused-ring (bicyclic) bond motifs is 2. The molecule has 0 bridgehead atoms. The maximum atomic E-state index is 12.7. The molecule has 5 rings (SSSR count). The average Bonchev–Trinajstić information content (AvgIpc) is 2.73. The Kier molecular flexibility index (Phi) is 4.01. The molecule has 3 nitrogen and oxygen atoms in total. The lowest BCUT2D eigenvalue weighted by Gasteiger charge is -2.33. The number of phenolic OH excluding ortho intramolecular Hbond substituents is 1. The molecular formula is C25H20O3. The Hall–Kier alpha value is -3.33. The van der Waals surface area contributed by atoms with Crippen molar-refractivity contribution in [1.82, 2.24) is 0 Å². The molecule has 3 aromatic carbocycles. The standard InChI is InChI=1S/C25H20O3/c26-21-11-6-12-23-25(21)22(27)15-24(28-23)20-14-18-10-5-4-9-17(18)13-19(20)16-7-2-1-3-8-16/h1-12,15,19-20,26H,13-14H2. The van der Waals surface area contributed by atoms with Crippen LogP contribution in [-0.4, -0.2) is 5.11 Å². The molecule has 0 saturated heterocycles. The van der Waals surface area contributed by atoms with Crippen LogP contribution in [-0.2, 0) is 12.8 Å². The van der Waals surface area contributed by atoms with E-state index in [1.54, 1.807) is 18.2 Å². The molecule has 1 N–H and O–H groups in total. The van der Waals surface area contributed by atoms with Crippen LogP contribution in [0, 0.1) is 0 Å². The number of rotatable bonds is 2. The van der Waals surface area contributed by atoms with Crippen molar-refractivity contribution in [2.24, 2.45) is 0 Å². The third kappa shape index (κ3) is 2.80. The lowest BCUT2D eigenvalue weighted by molar-refractivity contribution is 0.406. The van der Waals surface area contributed by atoms with E-state index in [9.17, 15) is 9.90 Å². The van der Waals surface area contributed by atoms with E-state index >= 15 is 0 Å². The molecule has 4 aromatic rings. The Morgan fingerprint density at radius 3 is 2.21 bits per heavy atom. The predicted octanol–water partition coefficient (Wildman–Crippen LogP) is 5.16. The minimum absolute atomic E-state index is 0.0357. The highest BCUT2D eigenvalue weighted by Gasteiger charge is 2.33. The van der Waals surface area contributed by atoms with Gasteiger partial charge in [-0.2, -0.15) is 0 Å². The Morgan fingerprint density at radius 2 is 1.46 bits per heavy atom. The monoisotopic (exact) mass is 368 g/mol. The first-order chi connectivity index (χ1) is 13.7. The van der Waals surface area contributed by atoms with Gasteiger partial charge in [-0.05, 0) is 47.6 Å². The fraction of sp³-hybridized carbons (Fsp3) is 0.160. The van der Waals surface area contributed by atoms with Crippen molar-refractivity contribution in [1.29, 1.82) is 0 Å². The van der Waals surface area contributed by atoms with Crippen molar-refractivity contribution in [2.75, 3.05) is 0 Å². The van der Waals surface area contributed by atoms with Crippen LogP contribution in [0.2, 0.25) is 0 Å². The number of hydrogen-bond acceptors (Lipinski definition) is 3. The molecular weight excluding hydrogens is 348 g/mol. The molecule has 0 radical (unpaired) electrons. The summed E-state index contributed by atoms with van der Waals surface area (Å²) in [4.78, 5) is 12.7. The van der Waals surface area contributed by atoms with E-state index in [-0.39, 0.29) is 28.4 Å². The maximum Gasteiger partial charge on any atom is 0.196 e. The van der Waals surface area contributed by atoms with Gasteiger partial charge in [0.05, 0.1) is 0 Å². The number of phenols is 1. The van der Waals surface area contributed by atoms with Crippen molar-refractivity contribution in [2.45, 2.75) is 24.7 Å². The second-order valence-electron chi connectivity index (χ2n) is 7.46. The van der Waals surface area contributed by atoms with E-state index in [2.05, 4.69) is 48.5 Å². The summed E-state index contributed by atoms with van der Waals surface area (Å²) in [5.74, 6) is 0.948. The molecule has 1 aliphatic rings. The van der Waals surface area contributed by atoms with Gasteiger partial charge in [0.1, 0.15) is 22.5 Å². The van der Waals surface area contributed by atoms with Crippen LogP contribution in [0.1, 0.15) is 34.3 Å². The fourth-order valence-corrected chi connectivity index (χ4v) is 4.46. The summed E-state index contributed by atoms with van der Waals surface area (Å²) in [5, 5.41) is 10.3. The molecule has 138 valence electrons. The van der Waals surface area contributed by atoms with E-state index in [0.717, 1.165) is 12.8 Å². The van der Waals surface area contributed by atoms with Crippen LogP contribution in [0.15, 0.2) is 88.1 Å². The van der Waals surface area contributed by atoms with Crippen LogP contribution < -0.4 is 5.43 Å². The first-order valence-electron chi connectivity index (χ1n) is 9.58. The van der Waals surface area contributed by atoms with Crippen LogP contribution in [0.25, 0.3) is 11.0 Å². The van der Waals surface area contributed by atoms with Gasteiger partial charge in [0.25, 0.3) is 0 Å². The minimum Gasteiger partial charge on any atom is -0.507 e. The van der Waals surface area contributed by atoms with E-state index in [4.69, 9.17) is 4.42 Å². The molecule has 0 amide bonds. The minimum atomic E-state index is -0.194. The van der Waals surface area contributed by atoms with Gasteiger partial charge in [0, 0.05) is 12.0 Å². The summed E-state index contributed by atoms with van der Waals surface area (Å²) in [5.41, 5.74) is 4.15. The largest absolute Gasteiger partial charge is 0.507 e. The summed E-state index contributed by atoms with van der Waals surface area (Å²) < 4.78 is 6.17. The van der Waals surface area contributed by atoms with Gasteiger partial charge in [0.15, 0.2) is 5.43 Å². The van der Waals surface area contributed by atoms with Gasteiger partial charge >= 0.3 is 0 Å². The van der Waals surface area contributed by atoms with Crippen LogP contribution >= 0.6 is 0 Å². The van der Waals surface area contributed by atoms with Gasteiger partial charge in [-0.15, -0.1) is 0 Å². The zero-order chi connectivity index (χ0) is 19.1. The first-order valence-corrected chi connectivity index (χ1v) is 9.58.